The fourth-order valence-electron chi connectivity index (χ4n) is 5.49. The molecule has 1 aromatic rings. The van der Waals surface area contributed by atoms with Gasteiger partial charge in [0, 0.05) is 19.1 Å². The molecule has 1 amide bonds. The lowest BCUT2D eigenvalue weighted by molar-refractivity contribution is -0.184. The molecule has 3 aliphatic rings. The van der Waals surface area contributed by atoms with Crippen molar-refractivity contribution in [3.63, 3.8) is 0 Å². The maximum absolute atomic E-state index is 15.2. The number of aromatic nitrogens is 2. The highest BCUT2D eigenvalue weighted by Crippen LogP contribution is 2.44. The Morgan fingerprint density at radius 2 is 1.76 bits per heavy atom. The van der Waals surface area contributed by atoms with E-state index in [1.54, 1.807) is 0 Å². The first kappa shape index (κ1) is 24.0. The molecule has 4 rings (SSSR count). The van der Waals surface area contributed by atoms with Gasteiger partial charge >= 0.3 is 6.18 Å². The average Bonchev–Trinajstić information content (AvgIpc) is 2.74. The number of carbonyl (C=O) groups is 1. The highest BCUT2D eigenvalue weighted by Gasteiger charge is 2.45. The van der Waals surface area contributed by atoms with Crippen LogP contribution in [0.2, 0.25) is 0 Å². The van der Waals surface area contributed by atoms with Gasteiger partial charge in [0.2, 0.25) is 11.7 Å². The second-order valence-corrected chi connectivity index (χ2v) is 9.63. The Balaban J connectivity index is 1.31. The van der Waals surface area contributed by atoms with E-state index < -0.39 is 17.9 Å². The van der Waals surface area contributed by atoms with Crippen LogP contribution in [0.1, 0.15) is 44.9 Å². The molecule has 0 bridgehead atoms. The fourth-order valence-corrected chi connectivity index (χ4v) is 5.49. The highest BCUT2D eigenvalue weighted by atomic mass is 19.4. The third kappa shape index (κ3) is 5.67. The number of likely N-dealkylation sites (tertiary alicyclic amines) is 1. The molecule has 1 aliphatic carbocycles. The monoisotopic (exact) mass is 472 g/mol. The largest absolute Gasteiger partial charge is 0.391 e. The number of rotatable bonds is 7. The summed E-state index contributed by atoms with van der Waals surface area (Å²) >= 11 is 0. The van der Waals surface area contributed by atoms with Crippen LogP contribution in [0.3, 0.4) is 0 Å². The Morgan fingerprint density at radius 3 is 2.33 bits per heavy atom. The van der Waals surface area contributed by atoms with Crippen molar-refractivity contribution >= 4 is 17.5 Å². The Morgan fingerprint density at radius 1 is 1.06 bits per heavy atom. The molecule has 3 N–H and O–H groups in total. The Kier molecular flexibility index (Phi) is 7.25. The van der Waals surface area contributed by atoms with Crippen molar-refractivity contribution in [1.82, 2.24) is 14.9 Å². The van der Waals surface area contributed by atoms with E-state index in [0.717, 1.165) is 32.4 Å². The molecule has 0 aromatic carbocycles. The van der Waals surface area contributed by atoms with Gasteiger partial charge in [-0.05, 0) is 69.9 Å². The molecule has 3 heterocycles. The molecule has 33 heavy (non-hydrogen) atoms. The number of nitrogens with two attached hydrogens (primary N) is 1. The molecule has 0 spiro atoms. The summed E-state index contributed by atoms with van der Waals surface area (Å²) in [5, 5.41) is 3.11. The van der Waals surface area contributed by atoms with Crippen LogP contribution in [-0.2, 0) is 4.79 Å². The predicted molar refractivity (Wildman–Crippen MR) is 116 cm³/mol. The number of hydrogen-bond acceptors (Lipinski definition) is 6. The first-order valence-corrected chi connectivity index (χ1v) is 11.8. The first-order chi connectivity index (χ1) is 15.7. The molecule has 1 unspecified atom stereocenters. The molecular weight excluding hydrogens is 440 g/mol. The van der Waals surface area contributed by atoms with Crippen molar-refractivity contribution in [1.29, 1.82) is 0 Å². The number of carbonyl (C=O) groups excluding carboxylic acids is 1. The third-order valence-corrected chi connectivity index (χ3v) is 7.53. The molecule has 0 radical (unpaired) electrons. The van der Waals surface area contributed by atoms with Crippen molar-refractivity contribution in [2.75, 3.05) is 42.9 Å². The van der Waals surface area contributed by atoms with Crippen LogP contribution in [0.15, 0.2) is 6.33 Å². The van der Waals surface area contributed by atoms with E-state index in [-0.39, 0.29) is 48.9 Å². The quantitative estimate of drug-likeness (QED) is 0.593. The van der Waals surface area contributed by atoms with E-state index in [4.69, 9.17) is 5.73 Å². The molecule has 3 fully saturated rings. The summed E-state index contributed by atoms with van der Waals surface area (Å²) in [6.07, 6.45) is 1.15. The number of alkyl halides is 3. The van der Waals surface area contributed by atoms with Crippen molar-refractivity contribution < 1.29 is 22.4 Å². The summed E-state index contributed by atoms with van der Waals surface area (Å²) in [7, 11) is 0. The Labute approximate surface area is 191 Å². The number of hydrogen-bond donors (Lipinski definition) is 2. The number of nitrogens with one attached hydrogen (secondary N) is 1. The van der Waals surface area contributed by atoms with Crippen LogP contribution in [0.25, 0.3) is 0 Å². The van der Waals surface area contributed by atoms with Crippen molar-refractivity contribution in [2.45, 2.75) is 57.2 Å². The summed E-state index contributed by atoms with van der Waals surface area (Å²) in [6.45, 7) is 3.04. The molecule has 1 aromatic heterocycles. The highest BCUT2D eigenvalue weighted by molar-refractivity contribution is 5.75. The van der Waals surface area contributed by atoms with Gasteiger partial charge in [-0.1, -0.05) is 0 Å². The van der Waals surface area contributed by atoms with Crippen LogP contribution in [0.5, 0.6) is 0 Å². The standard InChI is InChI=1S/C22H32F4N6O/c23-19-20(28-11-14-5-8-31(9-6-14)12-18(27)33)29-13-30-21(19)32-10-7-17(32)15-1-3-16(4-2-15)22(24,25)26/h13-17H,1-12H2,(H2,27,33)(H,28,29,30). The summed E-state index contributed by atoms with van der Waals surface area (Å²) in [4.78, 5) is 23.2. The van der Waals surface area contributed by atoms with E-state index in [0.29, 0.717) is 31.8 Å². The molecule has 184 valence electrons. The minimum atomic E-state index is -4.12. The zero-order chi connectivity index (χ0) is 23.6. The smallest absolute Gasteiger partial charge is 0.369 e. The lowest BCUT2D eigenvalue weighted by Crippen LogP contribution is -2.53. The summed E-state index contributed by atoms with van der Waals surface area (Å²) in [5.74, 6) is -1.18. The van der Waals surface area contributed by atoms with Gasteiger partial charge in [0.15, 0.2) is 11.6 Å². The number of nitrogens with zero attached hydrogens (tertiary/aromatic N) is 4. The zero-order valence-electron chi connectivity index (χ0n) is 18.7. The lowest BCUT2D eigenvalue weighted by Gasteiger charge is -2.48. The number of halogens is 4. The van der Waals surface area contributed by atoms with Gasteiger partial charge in [0.1, 0.15) is 6.33 Å². The molecule has 7 nitrogen and oxygen atoms in total. The minimum absolute atomic E-state index is 0.0333. The van der Waals surface area contributed by atoms with Crippen LogP contribution in [0, 0.1) is 23.6 Å². The fraction of sp³-hybridized carbons (Fsp3) is 0.773. The van der Waals surface area contributed by atoms with Crippen LogP contribution in [-0.4, -0.2) is 65.7 Å². The minimum Gasteiger partial charge on any atom is -0.369 e. The summed E-state index contributed by atoms with van der Waals surface area (Å²) in [6, 6.07) is 0.0333. The van der Waals surface area contributed by atoms with Gasteiger partial charge in [-0.3, -0.25) is 9.69 Å². The molecular formula is C22H32F4N6O. The van der Waals surface area contributed by atoms with E-state index >= 15 is 4.39 Å². The SMILES string of the molecule is NC(=O)CN1CCC(CNc2ncnc(N3CCC3C3CCC(C(F)(F)F)CC3)c2F)CC1. The average molecular weight is 473 g/mol. The zero-order valence-corrected chi connectivity index (χ0v) is 18.7. The Bertz CT molecular complexity index is 822. The van der Waals surface area contributed by atoms with Gasteiger partial charge in [0.25, 0.3) is 0 Å². The van der Waals surface area contributed by atoms with Gasteiger partial charge in [-0.25, -0.2) is 9.97 Å². The van der Waals surface area contributed by atoms with Crippen LogP contribution >= 0.6 is 0 Å². The van der Waals surface area contributed by atoms with Crippen molar-refractivity contribution in [3.05, 3.63) is 12.1 Å². The summed E-state index contributed by atoms with van der Waals surface area (Å²) < 4.78 is 54.2. The van der Waals surface area contributed by atoms with Crippen LogP contribution in [0.4, 0.5) is 29.2 Å². The van der Waals surface area contributed by atoms with E-state index in [2.05, 4.69) is 15.3 Å². The van der Waals surface area contributed by atoms with Gasteiger partial charge < -0.3 is 16.0 Å². The van der Waals surface area contributed by atoms with Gasteiger partial charge in [-0.15, -0.1) is 0 Å². The Hall–Kier alpha value is -2.17. The second kappa shape index (κ2) is 9.99. The number of amides is 1. The van der Waals surface area contributed by atoms with E-state index in [1.165, 1.54) is 6.33 Å². The summed E-state index contributed by atoms with van der Waals surface area (Å²) in [5.41, 5.74) is 5.25. The maximum Gasteiger partial charge on any atom is 0.391 e. The van der Waals surface area contributed by atoms with E-state index in [1.807, 2.05) is 9.80 Å². The molecule has 2 saturated heterocycles. The first-order valence-electron chi connectivity index (χ1n) is 11.8. The normalized spacial score (nSPS) is 27.3. The number of anilines is 2. The number of piperidine rings is 1. The molecule has 1 saturated carbocycles. The maximum atomic E-state index is 15.2. The molecule has 2 aliphatic heterocycles. The molecule has 1 atom stereocenters. The third-order valence-electron chi connectivity index (χ3n) is 7.53. The molecule has 11 heteroatoms. The lowest BCUT2D eigenvalue weighted by atomic mass is 9.75. The van der Waals surface area contributed by atoms with Gasteiger partial charge in [0.05, 0.1) is 12.5 Å². The second-order valence-electron chi connectivity index (χ2n) is 9.63. The van der Waals surface area contributed by atoms with Crippen molar-refractivity contribution in [2.24, 2.45) is 23.5 Å². The predicted octanol–water partition coefficient (Wildman–Crippen LogP) is 3.17. The van der Waals surface area contributed by atoms with Crippen molar-refractivity contribution in [3.8, 4) is 0 Å². The van der Waals surface area contributed by atoms with E-state index in [9.17, 15) is 18.0 Å². The van der Waals surface area contributed by atoms with Crippen LogP contribution < -0.4 is 16.0 Å². The number of primary amides is 1. The topological polar surface area (TPSA) is 87.4 Å². The van der Waals surface area contributed by atoms with Gasteiger partial charge in [-0.2, -0.15) is 17.6 Å².